The van der Waals surface area contributed by atoms with E-state index >= 15 is 0 Å². The predicted octanol–water partition coefficient (Wildman–Crippen LogP) is 2.96. The van der Waals surface area contributed by atoms with Crippen LogP contribution in [0.5, 0.6) is 5.75 Å². The van der Waals surface area contributed by atoms with Gasteiger partial charge in [-0.05, 0) is 43.0 Å². The highest BCUT2D eigenvalue weighted by molar-refractivity contribution is 5.38. The lowest BCUT2D eigenvalue weighted by Crippen LogP contribution is -2.15. The van der Waals surface area contributed by atoms with Crippen molar-refractivity contribution >= 4 is 0 Å². The third-order valence-corrected chi connectivity index (χ3v) is 3.40. The van der Waals surface area contributed by atoms with E-state index in [1.54, 1.807) is 0 Å². The normalized spacial score (nSPS) is 15.8. The molecule has 1 saturated carbocycles. The van der Waals surface area contributed by atoms with Crippen LogP contribution in [-0.2, 0) is 0 Å². The molecule has 1 fully saturated rings. The zero-order valence-electron chi connectivity index (χ0n) is 10.8. The van der Waals surface area contributed by atoms with Crippen molar-refractivity contribution in [2.24, 2.45) is 11.7 Å². The number of rotatable bonds is 3. The Hall–Kier alpha value is -1.46. The van der Waals surface area contributed by atoms with Crippen LogP contribution < -0.4 is 10.5 Å². The summed E-state index contributed by atoms with van der Waals surface area (Å²) in [5.74, 6) is 7.54. The van der Waals surface area contributed by atoms with Gasteiger partial charge in [-0.2, -0.15) is 0 Å². The van der Waals surface area contributed by atoms with Gasteiger partial charge in [0.05, 0.1) is 13.2 Å². The molecule has 0 amide bonds. The van der Waals surface area contributed by atoms with Gasteiger partial charge < -0.3 is 10.5 Å². The van der Waals surface area contributed by atoms with E-state index < -0.39 is 0 Å². The smallest absolute Gasteiger partial charge is 0.119 e. The molecule has 0 radical (unpaired) electrons. The Morgan fingerprint density at radius 1 is 1.11 bits per heavy atom. The molecule has 0 spiro atoms. The van der Waals surface area contributed by atoms with Crippen LogP contribution >= 0.6 is 0 Å². The van der Waals surface area contributed by atoms with E-state index in [-0.39, 0.29) is 0 Å². The Labute approximate surface area is 110 Å². The Kier molecular flexibility index (Phi) is 5.11. The van der Waals surface area contributed by atoms with Crippen molar-refractivity contribution in [3.63, 3.8) is 0 Å². The quantitative estimate of drug-likeness (QED) is 0.828. The minimum absolute atomic E-state index is 0.403. The molecule has 18 heavy (non-hydrogen) atoms. The molecule has 0 bridgehead atoms. The maximum absolute atomic E-state index is 5.83. The molecule has 0 unspecified atom stereocenters. The first-order valence-electron chi connectivity index (χ1n) is 6.80. The standard InChI is InChI=1S/C16H21NO/c17-12-4-7-14-8-10-16(11-9-14)18-13-15-5-2-1-3-6-15/h8-11,15H,1-3,5-6,12-13,17H2. The number of ether oxygens (including phenoxy) is 1. The Balaban J connectivity index is 1.82. The van der Waals surface area contributed by atoms with E-state index in [4.69, 9.17) is 10.5 Å². The van der Waals surface area contributed by atoms with E-state index in [9.17, 15) is 0 Å². The molecule has 1 aromatic rings. The van der Waals surface area contributed by atoms with Crippen LogP contribution in [0.1, 0.15) is 37.7 Å². The molecule has 0 atom stereocenters. The SMILES string of the molecule is NCC#Cc1ccc(OCC2CCCCC2)cc1. The Morgan fingerprint density at radius 2 is 1.83 bits per heavy atom. The molecule has 0 aliphatic heterocycles. The Morgan fingerprint density at radius 3 is 2.50 bits per heavy atom. The number of nitrogens with two attached hydrogens (primary N) is 1. The first-order valence-corrected chi connectivity index (χ1v) is 6.80. The molecule has 0 saturated heterocycles. The average Bonchev–Trinajstić information content (AvgIpc) is 2.45. The fourth-order valence-corrected chi connectivity index (χ4v) is 2.36. The topological polar surface area (TPSA) is 35.2 Å². The van der Waals surface area contributed by atoms with Crippen molar-refractivity contribution in [1.29, 1.82) is 0 Å². The monoisotopic (exact) mass is 243 g/mol. The predicted molar refractivity (Wildman–Crippen MR) is 74.4 cm³/mol. The molecular formula is C16H21NO. The van der Waals surface area contributed by atoms with E-state index in [1.807, 2.05) is 24.3 Å². The van der Waals surface area contributed by atoms with Gasteiger partial charge in [-0.3, -0.25) is 0 Å². The minimum Gasteiger partial charge on any atom is -0.493 e. The van der Waals surface area contributed by atoms with Crippen molar-refractivity contribution < 1.29 is 4.74 Å². The number of hydrogen-bond acceptors (Lipinski definition) is 2. The molecule has 0 heterocycles. The second kappa shape index (κ2) is 7.08. The first-order chi connectivity index (χ1) is 8.88. The summed E-state index contributed by atoms with van der Waals surface area (Å²) in [5.41, 5.74) is 6.33. The molecule has 1 aliphatic carbocycles. The summed E-state index contributed by atoms with van der Waals surface area (Å²) in [4.78, 5) is 0. The van der Waals surface area contributed by atoms with Crippen LogP contribution in [0.2, 0.25) is 0 Å². The van der Waals surface area contributed by atoms with Gasteiger partial charge in [-0.1, -0.05) is 31.1 Å². The van der Waals surface area contributed by atoms with E-state index in [2.05, 4.69) is 11.8 Å². The van der Waals surface area contributed by atoms with Gasteiger partial charge in [0, 0.05) is 5.56 Å². The van der Waals surface area contributed by atoms with E-state index in [0.717, 1.165) is 23.8 Å². The Bertz CT molecular complexity index is 407. The lowest BCUT2D eigenvalue weighted by atomic mass is 9.90. The van der Waals surface area contributed by atoms with Crippen LogP contribution in [0, 0.1) is 17.8 Å². The van der Waals surface area contributed by atoms with Crippen molar-refractivity contribution in [2.75, 3.05) is 13.2 Å². The summed E-state index contributed by atoms with van der Waals surface area (Å²) in [6.45, 7) is 1.26. The van der Waals surface area contributed by atoms with Crippen molar-refractivity contribution in [3.05, 3.63) is 29.8 Å². The zero-order chi connectivity index (χ0) is 12.6. The molecule has 96 valence electrons. The second-order valence-electron chi connectivity index (χ2n) is 4.85. The number of hydrogen-bond donors (Lipinski definition) is 1. The first kappa shape index (κ1) is 13.0. The fourth-order valence-electron chi connectivity index (χ4n) is 2.36. The molecule has 1 aliphatic rings. The van der Waals surface area contributed by atoms with Gasteiger partial charge in [0.25, 0.3) is 0 Å². The van der Waals surface area contributed by atoms with Crippen molar-refractivity contribution in [3.8, 4) is 17.6 Å². The highest BCUT2D eigenvalue weighted by atomic mass is 16.5. The lowest BCUT2D eigenvalue weighted by molar-refractivity contribution is 0.209. The largest absolute Gasteiger partial charge is 0.493 e. The molecule has 2 heteroatoms. The molecule has 0 aromatic heterocycles. The summed E-state index contributed by atoms with van der Waals surface area (Å²) in [7, 11) is 0. The maximum Gasteiger partial charge on any atom is 0.119 e. The highest BCUT2D eigenvalue weighted by Gasteiger charge is 2.13. The average molecular weight is 243 g/mol. The lowest BCUT2D eigenvalue weighted by Gasteiger charge is -2.21. The summed E-state index contributed by atoms with van der Waals surface area (Å²) >= 11 is 0. The van der Waals surface area contributed by atoms with E-state index in [0.29, 0.717) is 6.54 Å². The molecule has 2 rings (SSSR count). The molecule has 2 N–H and O–H groups in total. The van der Waals surface area contributed by atoms with Gasteiger partial charge in [0.15, 0.2) is 0 Å². The van der Waals surface area contributed by atoms with Crippen molar-refractivity contribution in [1.82, 2.24) is 0 Å². The molecular weight excluding hydrogens is 222 g/mol. The fraction of sp³-hybridized carbons (Fsp3) is 0.500. The van der Waals surface area contributed by atoms with Crippen LogP contribution in [-0.4, -0.2) is 13.2 Å². The summed E-state index contributed by atoms with van der Waals surface area (Å²) < 4.78 is 5.83. The van der Waals surface area contributed by atoms with E-state index in [1.165, 1.54) is 32.1 Å². The zero-order valence-corrected chi connectivity index (χ0v) is 10.8. The van der Waals surface area contributed by atoms with Gasteiger partial charge in [-0.15, -0.1) is 0 Å². The summed E-state index contributed by atoms with van der Waals surface area (Å²) in [5, 5.41) is 0. The summed E-state index contributed by atoms with van der Waals surface area (Å²) in [6, 6.07) is 7.95. The second-order valence-corrected chi connectivity index (χ2v) is 4.85. The highest BCUT2D eigenvalue weighted by Crippen LogP contribution is 2.24. The minimum atomic E-state index is 0.403. The molecule has 2 nitrogen and oxygen atoms in total. The van der Waals surface area contributed by atoms with Gasteiger partial charge in [0.2, 0.25) is 0 Å². The van der Waals surface area contributed by atoms with Crippen LogP contribution in [0.25, 0.3) is 0 Å². The van der Waals surface area contributed by atoms with Gasteiger partial charge >= 0.3 is 0 Å². The summed E-state index contributed by atoms with van der Waals surface area (Å²) in [6.07, 6.45) is 6.76. The van der Waals surface area contributed by atoms with Gasteiger partial charge in [0.1, 0.15) is 5.75 Å². The van der Waals surface area contributed by atoms with Crippen molar-refractivity contribution in [2.45, 2.75) is 32.1 Å². The van der Waals surface area contributed by atoms with Gasteiger partial charge in [-0.25, -0.2) is 0 Å². The number of benzene rings is 1. The maximum atomic E-state index is 5.83. The molecule has 1 aromatic carbocycles. The van der Waals surface area contributed by atoms with Crippen LogP contribution in [0.15, 0.2) is 24.3 Å². The third kappa shape index (κ3) is 4.09. The van der Waals surface area contributed by atoms with Crippen LogP contribution in [0.3, 0.4) is 0 Å². The van der Waals surface area contributed by atoms with Crippen LogP contribution in [0.4, 0.5) is 0 Å². The third-order valence-electron chi connectivity index (χ3n) is 3.40.